The summed E-state index contributed by atoms with van der Waals surface area (Å²) in [5.74, 6) is 1.21. The van der Waals surface area contributed by atoms with Gasteiger partial charge in [0.1, 0.15) is 5.69 Å². The smallest absolute Gasteiger partial charge is 0.270 e. The number of fused-ring (bicyclic) bond motifs is 1. The highest BCUT2D eigenvalue weighted by molar-refractivity contribution is 5.93. The Balaban J connectivity index is 1.43. The van der Waals surface area contributed by atoms with Crippen LogP contribution in [-0.4, -0.2) is 17.7 Å². The van der Waals surface area contributed by atoms with Gasteiger partial charge in [-0.1, -0.05) is 29.8 Å². The molecule has 2 heterocycles. The predicted molar refractivity (Wildman–Crippen MR) is 102 cm³/mol. The first kappa shape index (κ1) is 16.9. The van der Waals surface area contributed by atoms with Gasteiger partial charge in [-0.2, -0.15) is 0 Å². The number of hydrogen-bond acceptors (Lipinski definition) is 5. The molecule has 0 aliphatic carbocycles. The molecular weight excluding hydrogens is 342 g/mol. The van der Waals surface area contributed by atoms with E-state index in [9.17, 15) is 4.79 Å². The van der Waals surface area contributed by atoms with Gasteiger partial charge in [0.05, 0.1) is 0 Å². The molecule has 0 saturated carbocycles. The van der Waals surface area contributed by atoms with Gasteiger partial charge in [0.25, 0.3) is 5.91 Å². The lowest BCUT2D eigenvalue weighted by Crippen LogP contribution is -2.23. The maximum Gasteiger partial charge on any atom is 0.270 e. The minimum absolute atomic E-state index is 0.217. The van der Waals surface area contributed by atoms with Crippen molar-refractivity contribution in [1.29, 1.82) is 0 Å². The number of anilines is 2. The molecule has 0 atom stereocenters. The van der Waals surface area contributed by atoms with Crippen molar-refractivity contribution in [2.45, 2.75) is 13.5 Å². The van der Waals surface area contributed by atoms with Crippen LogP contribution in [-0.2, 0) is 6.54 Å². The van der Waals surface area contributed by atoms with E-state index in [-0.39, 0.29) is 12.7 Å². The molecule has 1 aliphatic heterocycles. The van der Waals surface area contributed by atoms with Crippen molar-refractivity contribution in [1.82, 2.24) is 10.3 Å². The third-order valence-corrected chi connectivity index (χ3v) is 4.19. The van der Waals surface area contributed by atoms with E-state index in [0.29, 0.717) is 18.0 Å². The number of hydrogen-bond donors (Lipinski definition) is 2. The fourth-order valence-electron chi connectivity index (χ4n) is 2.87. The number of aryl methyl sites for hydroxylation is 1. The number of rotatable bonds is 5. The van der Waals surface area contributed by atoms with Gasteiger partial charge in [-0.15, -0.1) is 0 Å². The Hall–Kier alpha value is -3.54. The highest BCUT2D eigenvalue weighted by Crippen LogP contribution is 2.35. The molecule has 3 aromatic rings. The zero-order valence-electron chi connectivity index (χ0n) is 14.9. The Bertz CT molecular complexity index is 988. The molecule has 1 aliphatic rings. The maximum absolute atomic E-state index is 12.4. The van der Waals surface area contributed by atoms with Gasteiger partial charge in [0, 0.05) is 30.2 Å². The van der Waals surface area contributed by atoms with Gasteiger partial charge in [0.15, 0.2) is 11.5 Å². The standard InChI is InChI=1S/C21H19N3O3/c1-14-3-2-4-15(9-14)12-23-21(25)18-10-17(7-8-22-18)24-16-5-6-19-20(11-16)27-13-26-19/h2-11H,12-13H2,1H3,(H,22,24)(H,23,25). The van der Waals surface area contributed by atoms with Crippen LogP contribution in [0.2, 0.25) is 0 Å². The van der Waals surface area contributed by atoms with Gasteiger partial charge >= 0.3 is 0 Å². The Morgan fingerprint density at radius 1 is 1.04 bits per heavy atom. The Kier molecular flexibility index (Phi) is 4.61. The van der Waals surface area contributed by atoms with E-state index in [2.05, 4.69) is 15.6 Å². The number of nitrogens with zero attached hydrogens (tertiary/aromatic N) is 1. The predicted octanol–water partition coefficient (Wildman–Crippen LogP) is 3.79. The van der Waals surface area contributed by atoms with E-state index in [0.717, 1.165) is 28.3 Å². The van der Waals surface area contributed by atoms with E-state index >= 15 is 0 Å². The largest absolute Gasteiger partial charge is 0.454 e. The second kappa shape index (κ2) is 7.37. The Morgan fingerprint density at radius 3 is 2.78 bits per heavy atom. The molecule has 27 heavy (non-hydrogen) atoms. The van der Waals surface area contributed by atoms with Gasteiger partial charge in [-0.3, -0.25) is 9.78 Å². The van der Waals surface area contributed by atoms with Gasteiger partial charge < -0.3 is 20.1 Å². The fraction of sp³-hybridized carbons (Fsp3) is 0.143. The van der Waals surface area contributed by atoms with Crippen molar-refractivity contribution < 1.29 is 14.3 Å². The fourth-order valence-corrected chi connectivity index (χ4v) is 2.87. The van der Waals surface area contributed by atoms with Crippen molar-refractivity contribution in [2.75, 3.05) is 12.1 Å². The van der Waals surface area contributed by atoms with Crippen LogP contribution in [0, 0.1) is 6.92 Å². The summed E-state index contributed by atoms with van der Waals surface area (Å²) in [6.07, 6.45) is 1.61. The van der Waals surface area contributed by atoms with Gasteiger partial charge in [-0.05, 0) is 36.8 Å². The van der Waals surface area contributed by atoms with Gasteiger partial charge in [0.2, 0.25) is 6.79 Å². The first-order chi connectivity index (χ1) is 13.2. The lowest BCUT2D eigenvalue weighted by Gasteiger charge is -2.09. The molecule has 6 nitrogen and oxygen atoms in total. The molecule has 0 radical (unpaired) electrons. The zero-order chi connectivity index (χ0) is 18.6. The molecule has 0 saturated heterocycles. The second-order valence-corrected chi connectivity index (χ2v) is 6.29. The number of ether oxygens (including phenoxy) is 2. The first-order valence-electron chi connectivity index (χ1n) is 8.64. The number of carbonyl (C=O) groups excluding carboxylic acids is 1. The number of carbonyl (C=O) groups is 1. The van der Waals surface area contributed by atoms with E-state index in [1.54, 1.807) is 12.3 Å². The number of pyridine rings is 1. The molecule has 1 amide bonds. The lowest BCUT2D eigenvalue weighted by atomic mass is 10.1. The summed E-state index contributed by atoms with van der Waals surface area (Å²) in [6.45, 7) is 2.72. The normalized spacial score (nSPS) is 11.9. The molecule has 0 unspecified atom stereocenters. The van der Waals surface area contributed by atoms with Crippen LogP contribution < -0.4 is 20.1 Å². The summed E-state index contributed by atoms with van der Waals surface area (Å²) >= 11 is 0. The van der Waals surface area contributed by atoms with E-state index in [1.165, 1.54) is 0 Å². The summed E-state index contributed by atoms with van der Waals surface area (Å²) in [6, 6.07) is 17.2. The van der Waals surface area contributed by atoms with Crippen molar-refractivity contribution in [3.63, 3.8) is 0 Å². The van der Waals surface area contributed by atoms with Crippen LogP contribution in [0.3, 0.4) is 0 Å². The highest BCUT2D eigenvalue weighted by Gasteiger charge is 2.14. The van der Waals surface area contributed by atoms with Crippen molar-refractivity contribution >= 4 is 17.3 Å². The molecule has 136 valence electrons. The number of aromatic nitrogens is 1. The monoisotopic (exact) mass is 361 g/mol. The van der Waals surface area contributed by atoms with Crippen molar-refractivity contribution in [2.24, 2.45) is 0 Å². The SMILES string of the molecule is Cc1cccc(CNC(=O)c2cc(Nc3ccc4c(c3)OCO4)ccn2)c1. The third kappa shape index (κ3) is 4.00. The minimum Gasteiger partial charge on any atom is -0.454 e. The summed E-state index contributed by atoms with van der Waals surface area (Å²) in [7, 11) is 0. The molecule has 0 fully saturated rings. The molecule has 2 aromatic carbocycles. The van der Waals surface area contributed by atoms with E-state index < -0.39 is 0 Å². The summed E-state index contributed by atoms with van der Waals surface area (Å²) in [4.78, 5) is 16.6. The topological polar surface area (TPSA) is 72.5 Å². The summed E-state index contributed by atoms with van der Waals surface area (Å²) in [5, 5.41) is 6.16. The van der Waals surface area contributed by atoms with Crippen LogP contribution >= 0.6 is 0 Å². The van der Waals surface area contributed by atoms with Crippen LogP contribution in [0.25, 0.3) is 0 Å². The van der Waals surface area contributed by atoms with Crippen LogP contribution in [0.4, 0.5) is 11.4 Å². The number of nitrogens with one attached hydrogen (secondary N) is 2. The van der Waals surface area contributed by atoms with Gasteiger partial charge in [-0.25, -0.2) is 0 Å². The van der Waals surface area contributed by atoms with E-state index in [1.807, 2.05) is 55.5 Å². The number of benzene rings is 2. The Labute approximate surface area is 157 Å². The second-order valence-electron chi connectivity index (χ2n) is 6.29. The van der Waals surface area contributed by atoms with Crippen LogP contribution in [0.5, 0.6) is 11.5 Å². The maximum atomic E-state index is 12.4. The van der Waals surface area contributed by atoms with Crippen molar-refractivity contribution in [3.05, 3.63) is 77.6 Å². The molecule has 0 bridgehead atoms. The molecule has 1 aromatic heterocycles. The average Bonchev–Trinajstić information content (AvgIpc) is 3.14. The van der Waals surface area contributed by atoms with Crippen LogP contribution in [0.1, 0.15) is 21.6 Å². The molecule has 6 heteroatoms. The average molecular weight is 361 g/mol. The van der Waals surface area contributed by atoms with Crippen molar-refractivity contribution in [3.8, 4) is 11.5 Å². The summed E-state index contributed by atoms with van der Waals surface area (Å²) < 4.78 is 10.7. The lowest BCUT2D eigenvalue weighted by molar-refractivity contribution is 0.0946. The zero-order valence-corrected chi connectivity index (χ0v) is 14.9. The quantitative estimate of drug-likeness (QED) is 0.723. The minimum atomic E-state index is -0.217. The Morgan fingerprint density at radius 2 is 1.89 bits per heavy atom. The van der Waals surface area contributed by atoms with E-state index in [4.69, 9.17) is 9.47 Å². The first-order valence-corrected chi connectivity index (χ1v) is 8.64. The molecule has 4 rings (SSSR count). The third-order valence-electron chi connectivity index (χ3n) is 4.19. The molecule has 2 N–H and O–H groups in total. The van der Waals surface area contributed by atoms with Crippen LogP contribution in [0.15, 0.2) is 60.8 Å². The molecular formula is C21H19N3O3. The summed E-state index contributed by atoms with van der Waals surface area (Å²) in [5.41, 5.74) is 4.18. The highest BCUT2D eigenvalue weighted by atomic mass is 16.7. The number of amides is 1. The molecule has 0 spiro atoms.